The van der Waals surface area contributed by atoms with Gasteiger partial charge in [0.2, 0.25) is 5.88 Å². The molecular formula is C15H14F2N2O4. The quantitative estimate of drug-likeness (QED) is 0.885. The van der Waals surface area contributed by atoms with Crippen molar-refractivity contribution in [1.82, 2.24) is 4.98 Å². The molecule has 1 N–H and O–H groups in total. The number of anilines is 1. The van der Waals surface area contributed by atoms with E-state index in [1.807, 2.05) is 0 Å². The van der Waals surface area contributed by atoms with Crippen molar-refractivity contribution in [3.05, 3.63) is 42.1 Å². The smallest absolute Gasteiger partial charge is 0.387 e. The number of carbonyl (C=O) groups is 1. The van der Waals surface area contributed by atoms with Gasteiger partial charge in [-0.05, 0) is 18.2 Å². The van der Waals surface area contributed by atoms with Crippen molar-refractivity contribution < 1.29 is 27.8 Å². The Bertz CT molecular complexity index is 678. The zero-order valence-corrected chi connectivity index (χ0v) is 12.4. The molecule has 6 nitrogen and oxygen atoms in total. The van der Waals surface area contributed by atoms with Crippen molar-refractivity contribution in [3.63, 3.8) is 0 Å². The molecule has 0 saturated heterocycles. The van der Waals surface area contributed by atoms with E-state index in [2.05, 4.69) is 15.0 Å². The van der Waals surface area contributed by atoms with Crippen molar-refractivity contribution >= 4 is 11.6 Å². The highest BCUT2D eigenvalue weighted by molar-refractivity contribution is 6.04. The summed E-state index contributed by atoms with van der Waals surface area (Å²) in [6, 6.07) is 7.24. The Hall–Kier alpha value is -2.90. The van der Waals surface area contributed by atoms with Crippen LogP contribution < -0.4 is 19.5 Å². The Morgan fingerprint density at radius 1 is 1.13 bits per heavy atom. The van der Waals surface area contributed by atoms with E-state index < -0.39 is 12.5 Å². The number of carbonyl (C=O) groups excluding carboxylic acids is 1. The minimum absolute atomic E-state index is 0.134. The number of hydrogen-bond acceptors (Lipinski definition) is 5. The van der Waals surface area contributed by atoms with Crippen molar-refractivity contribution in [2.75, 3.05) is 19.5 Å². The molecule has 0 spiro atoms. The highest BCUT2D eigenvalue weighted by Crippen LogP contribution is 2.31. The average molecular weight is 324 g/mol. The SMILES string of the molecule is COc1ccc(C(=O)Nc2ccc(OC)c(OC(F)F)c2)cn1. The number of amides is 1. The number of nitrogens with zero attached hydrogens (tertiary/aromatic N) is 1. The molecule has 0 atom stereocenters. The maximum absolute atomic E-state index is 12.4. The third-order valence-electron chi connectivity index (χ3n) is 2.85. The lowest BCUT2D eigenvalue weighted by Gasteiger charge is -2.12. The Kier molecular flexibility index (Phi) is 5.29. The fourth-order valence-electron chi connectivity index (χ4n) is 1.78. The number of aromatic nitrogens is 1. The van der Waals surface area contributed by atoms with Crippen LogP contribution in [-0.4, -0.2) is 31.7 Å². The normalized spacial score (nSPS) is 10.3. The number of rotatable bonds is 6. The number of methoxy groups -OCH3 is 2. The molecule has 1 aromatic heterocycles. The van der Waals surface area contributed by atoms with Gasteiger partial charge in [-0.15, -0.1) is 0 Å². The largest absolute Gasteiger partial charge is 0.493 e. The fourth-order valence-corrected chi connectivity index (χ4v) is 1.78. The lowest BCUT2D eigenvalue weighted by atomic mass is 10.2. The molecule has 0 fully saturated rings. The molecule has 0 unspecified atom stereocenters. The topological polar surface area (TPSA) is 69.7 Å². The number of ether oxygens (including phenoxy) is 3. The molecule has 1 aromatic carbocycles. The van der Waals surface area contributed by atoms with E-state index in [0.29, 0.717) is 5.88 Å². The molecule has 0 saturated carbocycles. The predicted octanol–water partition coefficient (Wildman–Crippen LogP) is 2.95. The van der Waals surface area contributed by atoms with E-state index in [1.165, 1.54) is 50.7 Å². The second-order valence-electron chi connectivity index (χ2n) is 4.29. The third-order valence-corrected chi connectivity index (χ3v) is 2.85. The van der Waals surface area contributed by atoms with Crippen LogP contribution in [0.15, 0.2) is 36.5 Å². The molecule has 0 aliphatic carbocycles. The van der Waals surface area contributed by atoms with Gasteiger partial charge in [-0.3, -0.25) is 4.79 Å². The summed E-state index contributed by atoms with van der Waals surface area (Å²) >= 11 is 0. The monoisotopic (exact) mass is 324 g/mol. The van der Waals surface area contributed by atoms with Gasteiger partial charge in [0.25, 0.3) is 5.91 Å². The number of benzene rings is 1. The Labute approximate surface area is 131 Å². The molecule has 0 aliphatic heterocycles. The van der Waals surface area contributed by atoms with Gasteiger partial charge in [0, 0.05) is 24.0 Å². The Morgan fingerprint density at radius 3 is 2.48 bits per heavy atom. The summed E-state index contributed by atoms with van der Waals surface area (Å²) in [6.07, 6.45) is 1.34. The van der Waals surface area contributed by atoms with Gasteiger partial charge in [-0.25, -0.2) is 4.98 Å². The third kappa shape index (κ3) is 4.29. The first-order valence-corrected chi connectivity index (χ1v) is 6.47. The van der Waals surface area contributed by atoms with E-state index >= 15 is 0 Å². The molecule has 122 valence electrons. The number of hydrogen-bond donors (Lipinski definition) is 1. The molecule has 0 bridgehead atoms. The fraction of sp³-hybridized carbons (Fsp3) is 0.200. The molecule has 2 aromatic rings. The second kappa shape index (κ2) is 7.39. The number of alkyl halides is 2. The van der Waals surface area contributed by atoms with E-state index in [1.54, 1.807) is 0 Å². The molecule has 1 amide bonds. The van der Waals surface area contributed by atoms with Crippen LogP contribution >= 0.6 is 0 Å². The lowest BCUT2D eigenvalue weighted by molar-refractivity contribution is -0.0511. The van der Waals surface area contributed by atoms with Gasteiger partial charge in [0.05, 0.1) is 19.8 Å². The predicted molar refractivity (Wildman–Crippen MR) is 78.4 cm³/mol. The van der Waals surface area contributed by atoms with Crippen LogP contribution in [0.3, 0.4) is 0 Å². The van der Waals surface area contributed by atoms with Gasteiger partial charge in [-0.1, -0.05) is 0 Å². The highest BCUT2D eigenvalue weighted by Gasteiger charge is 2.13. The summed E-state index contributed by atoms with van der Waals surface area (Å²) in [6.45, 7) is -3.00. The highest BCUT2D eigenvalue weighted by atomic mass is 19.3. The van der Waals surface area contributed by atoms with Crippen LogP contribution in [0, 0.1) is 0 Å². The summed E-state index contributed by atoms with van der Waals surface area (Å²) in [5.74, 6) is -0.116. The van der Waals surface area contributed by atoms with E-state index in [9.17, 15) is 13.6 Å². The van der Waals surface area contributed by atoms with Crippen LogP contribution in [0.5, 0.6) is 17.4 Å². The zero-order valence-electron chi connectivity index (χ0n) is 12.4. The van der Waals surface area contributed by atoms with Crippen LogP contribution in [-0.2, 0) is 0 Å². The van der Waals surface area contributed by atoms with E-state index in [0.717, 1.165) is 0 Å². The lowest BCUT2D eigenvalue weighted by Crippen LogP contribution is -2.12. The molecule has 0 aliphatic rings. The molecule has 1 heterocycles. The summed E-state index contributed by atoms with van der Waals surface area (Å²) < 4.78 is 38.9. The minimum atomic E-state index is -3.00. The van der Waals surface area contributed by atoms with Gasteiger partial charge < -0.3 is 19.5 Å². The summed E-state index contributed by atoms with van der Waals surface area (Å²) in [5, 5.41) is 2.56. The minimum Gasteiger partial charge on any atom is -0.493 e. The van der Waals surface area contributed by atoms with Gasteiger partial charge in [0.15, 0.2) is 11.5 Å². The van der Waals surface area contributed by atoms with Gasteiger partial charge in [-0.2, -0.15) is 8.78 Å². The standard InChI is InChI=1S/C15H14F2N2O4/c1-21-11-5-4-10(7-12(11)23-15(16)17)19-14(20)9-3-6-13(22-2)18-8-9/h3-8,15H,1-2H3,(H,19,20). The second-order valence-corrected chi connectivity index (χ2v) is 4.29. The molecule has 23 heavy (non-hydrogen) atoms. The summed E-state index contributed by atoms with van der Waals surface area (Å²) in [5.41, 5.74) is 0.570. The molecule has 2 rings (SSSR count). The van der Waals surface area contributed by atoms with Gasteiger partial charge >= 0.3 is 6.61 Å². The maximum Gasteiger partial charge on any atom is 0.387 e. The number of nitrogens with one attached hydrogen (secondary N) is 1. The first-order valence-electron chi connectivity index (χ1n) is 6.47. The van der Waals surface area contributed by atoms with Crippen LogP contribution in [0.1, 0.15) is 10.4 Å². The average Bonchev–Trinajstić information content (AvgIpc) is 2.54. The van der Waals surface area contributed by atoms with Gasteiger partial charge in [0.1, 0.15) is 0 Å². The molecule has 0 radical (unpaired) electrons. The van der Waals surface area contributed by atoms with E-state index in [4.69, 9.17) is 9.47 Å². The summed E-state index contributed by atoms with van der Waals surface area (Å²) in [7, 11) is 2.79. The maximum atomic E-state index is 12.4. The number of pyridine rings is 1. The van der Waals surface area contributed by atoms with E-state index in [-0.39, 0.29) is 22.7 Å². The summed E-state index contributed by atoms with van der Waals surface area (Å²) in [4.78, 5) is 16.0. The van der Waals surface area contributed by atoms with Crippen molar-refractivity contribution in [1.29, 1.82) is 0 Å². The first kappa shape index (κ1) is 16.5. The Morgan fingerprint density at radius 2 is 1.91 bits per heavy atom. The van der Waals surface area contributed by atoms with Crippen molar-refractivity contribution in [3.8, 4) is 17.4 Å². The zero-order chi connectivity index (χ0) is 16.8. The number of halogens is 2. The van der Waals surface area contributed by atoms with Crippen LogP contribution in [0.4, 0.5) is 14.5 Å². The molecular weight excluding hydrogens is 310 g/mol. The molecule has 8 heteroatoms. The first-order chi connectivity index (χ1) is 11.0. The van der Waals surface area contributed by atoms with Crippen molar-refractivity contribution in [2.24, 2.45) is 0 Å². The van der Waals surface area contributed by atoms with Crippen LogP contribution in [0.2, 0.25) is 0 Å². The van der Waals surface area contributed by atoms with Crippen LogP contribution in [0.25, 0.3) is 0 Å². The Balaban J connectivity index is 2.16. The van der Waals surface area contributed by atoms with Crippen molar-refractivity contribution in [2.45, 2.75) is 6.61 Å².